The molecular weight excluding hydrogens is 417 g/mol. The number of alkyl halides is 2. The molecule has 0 aromatic heterocycles. The standard InChI is InChI=1S/C20H23F2N2O3PS/c1-15-5-7-16(8-6-15)14-27-23-18-9-11-24(12-10-18)29(25,26)19-4-2-3-17(13-19)20(21,22)28/h2-8,13H,9-12,14,28H2,1H3. The summed E-state index contributed by atoms with van der Waals surface area (Å²) in [6.07, 6.45) is 0.874. The molecule has 1 aliphatic heterocycles. The molecule has 0 amide bonds. The van der Waals surface area contributed by atoms with E-state index in [1.165, 1.54) is 37.3 Å². The topological polar surface area (TPSA) is 59.0 Å². The van der Waals surface area contributed by atoms with Crippen LogP contribution in [0.4, 0.5) is 8.78 Å². The van der Waals surface area contributed by atoms with Crippen molar-refractivity contribution in [3.05, 3.63) is 65.2 Å². The fourth-order valence-electron chi connectivity index (χ4n) is 2.97. The third kappa shape index (κ3) is 5.59. The second-order valence-electron chi connectivity index (χ2n) is 6.97. The maximum atomic E-state index is 13.5. The molecule has 0 aliphatic carbocycles. The molecule has 9 heteroatoms. The zero-order valence-electron chi connectivity index (χ0n) is 16.0. The van der Waals surface area contributed by atoms with Crippen LogP contribution < -0.4 is 0 Å². The van der Waals surface area contributed by atoms with Gasteiger partial charge in [0, 0.05) is 31.5 Å². The van der Waals surface area contributed by atoms with E-state index < -0.39 is 15.7 Å². The molecule has 1 heterocycles. The number of aryl methyl sites for hydroxylation is 1. The zero-order chi connectivity index (χ0) is 21.1. The predicted octanol–water partition coefficient (Wildman–Crippen LogP) is 4.28. The Morgan fingerprint density at radius 1 is 1.14 bits per heavy atom. The molecule has 1 atom stereocenters. The van der Waals surface area contributed by atoms with Crippen LogP contribution in [0.15, 0.2) is 58.6 Å². The summed E-state index contributed by atoms with van der Waals surface area (Å²) in [5.41, 5.74) is -0.574. The molecule has 3 rings (SSSR count). The average molecular weight is 440 g/mol. The summed E-state index contributed by atoms with van der Waals surface area (Å²) in [4.78, 5) is 5.26. The van der Waals surface area contributed by atoms with Crippen LogP contribution in [0.5, 0.6) is 0 Å². The first kappa shape index (κ1) is 21.8. The van der Waals surface area contributed by atoms with Crippen molar-refractivity contribution in [1.29, 1.82) is 0 Å². The number of nitrogens with zero attached hydrogens (tertiary/aromatic N) is 2. The van der Waals surface area contributed by atoms with Crippen molar-refractivity contribution in [3.8, 4) is 0 Å². The van der Waals surface area contributed by atoms with E-state index >= 15 is 0 Å². The van der Waals surface area contributed by atoms with Gasteiger partial charge in [0.25, 0.3) is 5.66 Å². The molecule has 2 aromatic rings. The first-order chi connectivity index (χ1) is 13.7. The number of oxime groups is 1. The van der Waals surface area contributed by atoms with Gasteiger partial charge in [0.1, 0.15) is 6.61 Å². The molecule has 0 saturated carbocycles. The highest BCUT2D eigenvalue weighted by Crippen LogP contribution is 2.36. The van der Waals surface area contributed by atoms with E-state index in [1.807, 2.05) is 31.2 Å². The maximum absolute atomic E-state index is 13.5. The number of sulfonamides is 1. The van der Waals surface area contributed by atoms with Crippen molar-refractivity contribution in [1.82, 2.24) is 4.31 Å². The van der Waals surface area contributed by atoms with Crippen molar-refractivity contribution >= 4 is 25.0 Å². The first-order valence-corrected chi connectivity index (χ1v) is 11.2. The summed E-state index contributed by atoms with van der Waals surface area (Å²) in [5, 5.41) is 4.13. The van der Waals surface area contributed by atoms with Crippen LogP contribution in [0.3, 0.4) is 0 Å². The minimum Gasteiger partial charge on any atom is -0.391 e. The van der Waals surface area contributed by atoms with E-state index in [9.17, 15) is 17.2 Å². The van der Waals surface area contributed by atoms with Gasteiger partial charge in [-0.05, 0) is 24.6 Å². The monoisotopic (exact) mass is 440 g/mol. The van der Waals surface area contributed by atoms with Crippen molar-refractivity contribution < 1.29 is 22.0 Å². The Morgan fingerprint density at radius 3 is 2.41 bits per heavy atom. The van der Waals surface area contributed by atoms with E-state index in [2.05, 4.69) is 5.16 Å². The van der Waals surface area contributed by atoms with Gasteiger partial charge < -0.3 is 4.84 Å². The number of halogens is 2. The van der Waals surface area contributed by atoms with Crippen LogP contribution in [0, 0.1) is 6.92 Å². The van der Waals surface area contributed by atoms with Crippen LogP contribution in [0.2, 0.25) is 0 Å². The summed E-state index contributed by atoms with van der Waals surface area (Å²) < 4.78 is 53.9. The highest BCUT2D eigenvalue weighted by molar-refractivity contribution is 7.89. The summed E-state index contributed by atoms with van der Waals surface area (Å²) in [6.45, 7) is 2.82. The third-order valence-electron chi connectivity index (χ3n) is 4.70. The van der Waals surface area contributed by atoms with Gasteiger partial charge in [0.15, 0.2) is 0 Å². The van der Waals surface area contributed by atoms with Gasteiger partial charge >= 0.3 is 0 Å². The van der Waals surface area contributed by atoms with Crippen LogP contribution in [-0.4, -0.2) is 31.5 Å². The second-order valence-corrected chi connectivity index (χ2v) is 9.63. The Hall–Kier alpha value is -1.89. The Kier molecular flexibility index (Phi) is 6.66. The molecule has 0 bridgehead atoms. The molecule has 0 N–H and O–H groups in total. The minimum atomic E-state index is -3.84. The quantitative estimate of drug-likeness (QED) is 0.498. The fourth-order valence-corrected chi connectivity index (χ4v) is 4.64. The van der Waals surface area contributed by atoms with E-state index in [0.29, 0.717) is 19.4 Å². The summed E-state index contributed by atoms with van der Waals surface area (Å²) in [6, 6.07) is 12.8. The normalized spacial score (nSPS) is 15.9. The average Bonchev–Trinajstić information content (AvgIpc) is 2.69. The Morgan fingerprint density at radius 2 is 1.79 bits per heavy atom. The lowest BCUT2D eigenvalue weighted by Gasteiger charge is -2.27. The SMILES string of the molecule is Cc1ccc(CON=C2CCN(S(=O)(=O)c3cccc(C(F)(F)P)c3)CC2)cc1. The van der Waals surface area contributed by atoms with E-state index in [1.54, 1.807) is 0 Å². The van der Waals surface area contributed by atoms with Crippen molar-refractivity contribution in [2.24, 2.45) is 5.16 Å². The van der Waals surface area contributed by atoms with Gasteiger partial charge in [0.05, 0.1) is 10.6 Å². The molecule has 0 radical (unpaired) electrons. The maximum Gasteiger partial charge on any atom is 0.283 e. The summed E-state index contributed by atoms with van der Waals surface area (Å²) in [5.74, 6) is 0. The van der Waals surface area contributed by atoms with E-state index in [4.69, 9.17) is 4.84 Å². The predicted molar refractivity (Wildman–Crippen MR) is 111 cm³/mol. The largest absolute Gasteiger partial charge is 0.391 e. The van der Waals surface area contributed by atoms with Crippen LogP contribution in [0.25, 0.3) is 0 Å². The Bertz CT molecular complexity index is 980. The van der Waals surface area contributed by atoms with Crippen molar-refractivity contribution in [2.75, 3.05) is 13.1 Å². The molecule has 29 heavy (non-hydrogen) atoms. The Balaban J connectivity index is 1.60. The lowest BCUT2D eigenvalue weighted by atomic mass is 10.1. The van der Waals surface area contributed by atoms with Crippen LogP contribution in [-0.2, 0) is 27.1 Å². The molecule has 1 fully saturated rings. The van der Waals surface area contributed by atoms with Gasteiger partial charge in [-0.15, -0.1) is 0 Å². The number of hydrogen-bond donors (Lipinski definition) is 0. The molecule has 5 nitrogen and oxygen atoms in total. The zero-order valence-corrected chi connectivity index (χ0v) is 18.0. The van der Waals surface area contributed by atoms with Gasteiger partial charge in [-0.3, -0.25) is 0 Å². The highest BCUT2D eigenvalue weighted by Gasteiger charge is 2.31. The highest BCUT2D eigenvalue weighted by atomic mass is 32.2. The third-order valence-corrected chi connectivity index (χ3v) is 6.93. The molecule has 0 spiro atoms. The number of benzene rings is 2. The van der Waals surface area contributed by atoms with E-state index in [-0.39, 0.29) is 23.5 Å². The molecule has 1 aliphatic rings. The van der Waals surface area contributed by atoms with Gasteiger partial charge in [-0.2, -0.15) is 13.1 Å². The lowest BCUT2D eigenvalue weighted by Crippen LogP contribution is -2.38. The molecule has 1 unspecified atom stereocenters. The Labute approximate surface area is 172 Å². The minimum absolute atomic E-state index is 0.131. The number of rotatable bonds is 6. The smallest absolute Gasteiger partial charge is 0.283 e. The van der Waals surface area contributed by atoms with Crippen molar-refractivity contribution in [2.45, 2.75) is 36.9 Å². The summed E-state index contributed by atoms with van der Waals surface area (Å²) in [7, 11) is -2.42. The number of hydrogen-bond acceptors (Lipinski definition) is 4. The van der Waals surface area contributed by atoms with Gasteiger partial charge in [-0.25, -0.2) is 8.42 Å². The van der Waals surface area contributed by atoms with Crippen molar-refractivity contribution in [3.63, 3.8) is 0 Å². The van der Waals surface area contributed by atoms with Crippen LogP contribution in [0.1, 0.15) is 29.5 Å². The van der Waals surface area contributed by atoms with Gasteiger partial charge in [-0.1, -0.05) is 56.4 Å². The summed E-state index contributed by atoms with van der Waals surface area (Å²) >= 11 is 0. The lowest BCUT2D eigenvalue weighted by molar-refractivity contribution is 0.104. The van der Waals surface area contributed by atoms with Crippen LogP contribution >= 0.6 is 9.24 Å². The number of piperidine rings is 1. The second kappa shape index (κ2) is 8.86. The fraction of sp³-hybridized carbons (Fsp3) is 0.350. The van der Waals surface area contributed by atoms with E-state index in [0.717, 1.165) is 17.3 Å². The first-order valence-electron chi connectivity index (χ1n) is 9.17. The molecule has 1 saturated heterocycles. The van der Waals surface area contributed by atoms with Gasteiger partial charge in [0.2, 0.25) is 10.0 Å². The molecular formula is C20H23F2N2O3PS. The molecule has 2 aromatic carbocycles. The molecule has 156 valence electrons.